The molecule has 4 N–H and O–H groups in total. The number of benzene rings is 1. The quantitative estimate of drug-likeness (QED) is 0.442. The first-order chi connectivity index (χ1) is 5.11. The van der Waals surface area contributed by atoms with Crippen LogP contribution in [0.3, 0.4) is 0 Å². The summed E-state index contributed by atoms with van der Waals surface area (Å²) in [5.41, 5.74) is 13.7. The Bertz CT molecular complexity index is 258. The summed E-state index contributed by atoms with van der Waals surface area (Å²) >= 11 is 4.27. The zero-order valence-corrected chi connectivity index (χ0v) is 7.31. The van der Waals surface area contributed by atoms with Gasteiger partial charge in [-0.15, -0.1) is 0 Å². The first kappa shape index (κ1) is 8.27. The van der Waals surface area contributed by atoms with E-state index in [1.54, 1.807) is 6.07 Å². The lowest BCUT2D eigenvalue weighted by Gasteiger charge is -2.08. The van der Waals surface area contributed by atoms with Crippen LogP contribution in [0.5, 0.6) is 0 Å². The molecule has 0 aliphatic carbocycles. The SMILES string of the molecule is CC(S)c1ccc(N)cc1N. The summed E-state index contributed by atoms with van der Waals surface area (Å²) in [6.07, 6.45) is 0. The van der Waals surface area contributed by atoms with Crippen molar-refractivity contribution in [3.05, 3.63) is 23.8 Å². The number of thiol groups is 1. The highest BCUT2D eigenvalue weighted by Crippen LogP contribution is 2.26. The van der Waals surface area contributed by atoms with Crippen molar-refractivity contribution in [3.8, 4) is 0 Å². The third-order valence-corrected chi connectivity index (χ3v) is 1.84. The van der Waals surface area contributed by atoms with Crippen molar-refractivity contribution in [2.45, 2.75) is 12.2 Å². The van der Waals surface area contributed by atoms with Gasteiger partial charge < -0.3 is 11.5 Å². The zero-order valence-electron chi connectivity index (χ0n) is 6.41. The van der Waals surface area contributed by atoms with Gasteiger partial charge in [0, 0.05) is 16.6 Å². The molecule has 3 heteroatoms. The predicted molar refractivity (Wildman–Crippen MR) is 52.7 cm³/mol. The van der Waals surface area contributed by atoms with Gasteiger partial charge in [-0.2, -0.15) is 12.6 Å². The number of hydrogen-bond donors (Lipinski definition) is 3. The largest absolute Gasteiger partial charge is 0.399 e. The van der Waals surface area contributed by atoms with Crippen molar-refractivity contribution in [1.82, 2.24) is 0 Å². The molecular formula is C8H12N2S. The lowest BCUT2D eigenvalue weighted by molar-refractivity contribution is 1.12. The Labute approximate surface area is 72.0 Å². The second-order valence-corrected chi connectivity index (χ2v) is 3.34. The van der Waals surface area contributed by atoms with Crippen LogP contribution in [-0.4, -0.2) is 0 Å². The van der Waals surface area contributed by atoms with Crippen LogP contribution in [0.1, 0.15) is 17.7 Å². The highest BCUT2D eigenvalue weighted by atomic mass is 32.1. The molecule has 0 aliphatic heterocycles. The molecule has 1 unspecified atom stereocenters. The van der Waals surface area contributed by atoms with Crippen molar-refractivity contribution in [2.75, 3.05) is 11.5 Å². The van der Waals surface area contributed by atoms with E-state index in [0.29, 0.717) is 11.4 Å². The molecule has 0 amide bonds. The molecule has 1 aromatic rings. The van der Waals surface area contributed by atoms with E-state index in [4.69, 9.17) is 11.5 Å². The van der Waals surface area contributed by atoms with E-state index < -0.39 is 0 Å². The predicted octanol–water partition coefficient (Wildman–Crippen LogP) is 1.84. The van der Waals surface area contributed by atoms with Crippen LogP contribution in [0.2, 0.25) is 0 Å². The second-order valence-electron chi connectivity index (χ2n) is 2.56. The minimum atomic E-state index is 0.163. The molecule has 2 nitrogen and oxygen atoms in total. The summed E-state index contributed by atoms with van der Waals surface area (Å²) in [7, 11) is 0. The highest BCUT2D eigenvalue weighted by molar-refractivity contribution is 7.80. The van der Waals surface area contributed by atoms with Crippen molar-refractivity contribution >= 4 is 24.0 Å². The Kier molecular flexibility index (Phi) is 2.29. The summed E-state index contributed by atoms with van der Waals surface area (Å²) in [5, 5.41) is 0.163. The van der Waals surface area contributed by atoms with E-state index in [0.717, 1.165) is 5.56 Å². The minimum absolute atomic E-state index is 0.163. The summed E-state index contributed by atoms with van der Waals surface area (Å²) in [6.45, 7) is 1.98. The highest BCUT2D eigenvalue weighted by Gasteiger charge is 2.03. The van der Waals surface area contributed by atoms with Crippen LogP contribution in [0.15, 0.2) is 18.2 Å². The van der Waals surface area contributed by atoms with E-state index in [-0.39, 0.29) is 5.25 Å². The van der Waals surface area contributed by atoms with Crippen molar-refractivity contribution in [1.29, 1.82) is 0 Å². The molecule has 0 saturated carbocycles. The van der Waals surface area contributed by atoms with Gasteiger partial charge in [-0.1, -0.05) is 6.07 Å². The summed E-state index contributed by atoms with van der Waals surface area (Å²) in [6, 6.07) is 5.49. The summed E-state index contributed by atoms with van der Waals surface area (Å²) in [5.74, 6) is 0. The van der Waals surface area contributed by atoms with Gasteiger partial charge in [0.25, 0.3) is 0 Å². The van der Waals surface area contributed by atoms with Gasteiger partial charge in [0.15, 0.2) is 0 Å². The molecule has 0 saturated heterocycles. The maximum atomic E-state index is 5.69. The van der Waals surface area contributed by atoms with Crippen molar-refractivity contribution < 1.29 is 0 Å². The topological polar surface area (TPSA) is 52.0 Å². The fourth-order valence-corrected chi connectivity index (χ4v) is 1.21. The molecule has 0 heterocycles. The third-order valence-electron chi connectivity index (χ3n) is 1.56. The Balaban J connectivity index is 3.09. The fraction of sp³-hybridized carbons (Fsp3) is 0.250. The van der Waals surface area contributed by atoms with E-state index in [2.05, 4.69) is 12.6 Å². The Morgan fingerprint density at radius 1 is 1.36 bits per heavy atom. The van der Waals surface area contributed by atoms with E-state index in [9.17, 15) is 0 Å². The van der Waals surface area contributed by atoms with Crippen LogP contribution >= 0.6 is 12.6 Å². The Hall–Kier alpha value is -0.830. The number of hydrogen-bond acceptors (Lipinski definition) is 3. The molecule has 0 aromatic heterocycles. The lowest BCUT2D eigenvalue weighted by Crippen LogP contribution is -1.96. The van der Waals surface area contributed by atoms with Gasteiger partial charge in [0.2, 0.25) is 0 Å². The second kappa shape index (κ2) is 3.05. The minimum Gasteiger partial charge on any atom is -0.399 e. The molecule has 60 valence electrons. The maximum Gasteiger partial charge on any atom is 0.0378 e. The maximum absolute atomic E-state index is 5.69. The molecule has 0 bridgehead atoms. The number of nitrogen functional groups attached to an aromatic ring is 2. The summed E-state index contributed by atoms with van der Waals surface area (Å²) < 4.78 is 0. The van der Waals surface area contributed by atoms with Crippen LogP contribution in [0.4, 0.5) is 11.4 Å². The lowest BCUT2D eigenvalue weighted by atomic mass is 10.1. The average Bonchev–Trinajstić information content (AvgIpc) is 1.85. The van der Waals surface area contributed by atoms with Crippen LogP contribution in [-0.2, 0) is 0 Å². The number of anilines is 2. The normalized spacial score (nSPS) is 12.9. The molecule has 0 radical (unpaired) electrons. The zero-order chi connectivity index (χ0) is 8.43. The van der Waals surface area contributed by atoms with Gasteiger partial charge in [0.05, 0.1) is 0 Å². The van der Waals surface area contributed by atoms with Gasteiger partial charge >= 0.3 is 0 Å². The molecule has 0 fully saturated rings. The Morgan fingerprint density at radius 3 is 2.45 bits per heavy atom. The molecular weight excluding hydrogens is 156 g/mol. The number of nitrogens with two attached hydrogens (primary N) is 2. The van der Waals surface area contributed by atoms with Gasteiger partial charge in [-0.3, -0.25) is 0 Å². The Morgan fingerprint density at radius 2 is 2.00 bits per heavy atom. The van der Waals surface area contributed by atoms with Gasteiger partial charge in [0.1, 0.15) is 0 Å². The van der Waals surface area contributed by atoms with E-state index in [1.807, 2.05) is 19.1 Å². The van der Waals surface area contributed by atoms with Gasteiger partial charge in [-0.05, 0) is 24.6 Å². The van der Waals surface area contributed by atoms with Crippen molar-refractivity contribution in [3.63, 3.8) is 0 Å². The molecule has 0 aliphatic rings. The smallest absolute Gasteiger partial charge is 0.0378 e. The van der Waals surface area contributed by atoms with E-state index >= 15 is 0 Å². The molecule has 0 spiro atoms. The van der Waals surface area contributed by atoms with Crippen molar-refractivity contribution in [2.24, 2.45) is 0 Å². The number of rotatable bonds is 1. The molecule has 1 rings (SSSR count). The fourth-order valence-electron chi connectivity index (χ4n) is 0.974. The summed E-state index contributed by atoms with van der Waals surface area (Å²) in [4.78, 5) is 0. The molecule has 1 aromatic carbocycles. The van der Waals surface area contributed by atoms with Crippen LogP contribution in [0.25, 0.3) is 0 Å². The molecule has 1 atom stereocenters. The monoisotopic (exact) mass is 168 g/mol. The third kappa shape index (κ3) is 1.80. The van der Waals surface area contributed by atoms with Crippen LogP contribution < -0.4 is 11.5 Å². The first-order valence-electron chi connectivity index (χ1n) is 3.44. The first-order valence-corrected chi connectivity index (χ1v) is 3.96. The average molecular weight is 168 g/mol. The van der Waals surface area contributed by atoms with Crippen LogP contribution in [0, 0.1) is 0 Å². The van der Waals surface area contributed by atoms with Gasteiger partial charge in [-0.25, -0.2) is 0 Å². The molecule has 11 heavy (non-hydrogen) atoms. The standard InChI is InChI=1S/C8H12N2S/c1-5(11)7-3-2-6(9)4-8(7)10/h2-5,11H,9-10H2,1H3. The van der Waals surface area contributed by atoms with E-state index in [1.165, 1.54) is 0 Å².